The van der Waals surface area contributed by atoms with Crippen molar-refractivity contribution >= 4 is 21.5 Å². The zero-order valence-electron chi connectivity index (χ0n) is 19.8. The van der Waals surface area contributed by atoms with Crippen molar-refractivity contribution in [1.82, 2.24) is 0 Å². The monoisotopic (exact) mass is 466 g/mol. The van der Waals surface area contributed by atoms with E-state index in [0.29, 0.717) is 13.2 Å². The highest BCUT2D eigenvalue weighted by Crippen LogP contribution is 2.55. The van der Waals surface area contributed by atoms with E-state index < -0.39 is 11.6 Å². The van der Waals surface area contributed by atoms with E-state index in [1.54, 1.807) is 0 Å². The molecule has 1 aliphatic heterocycles. The van der Waals surface area contributed by atoms with Crippen molar-refractivity contribution in [3.8, 4) is 0 Å². The van der Waals surface area contributed by atoms with E-state index in [-0.39, 0.29) is 12.2 Å². The van der Waals surface area contributed by atoms with Gasteiger partial charge >= 0.3 is 0 Å². The molecule has 0 radical (unpaired) electrons. The van der Waals surface area contributed by atoms with Gasteiger partial charge in [-0.3, -0.25) is 0 Å². The molecule has 4 nitrogen and oxygen atoms in total. The van der Waals surface area contributed by atoms with Crippen LogP contribution < -0.4 is 0 Å². The minimum Gasteiger partial charge on any atom is -0.347 e. The van der Waals surface area contributed by atoms with Crippen molar-refractivity contribution in [2.45, 2.75) is 62.5 Å². The summed E-state index contributed by atoms with van der Waals surface area (Å²) in [6, 6.07) is 29.8. The molecular formula is C31H30O4. The second kappa shape index (κ2) is 8.42. The molecule has 3 fully saturated rings. The van der Waals surface area contributed by atoms with Crippen LogP contribution in [0.2, 0.25) is 0 Å². The SMILES string of the molecule is c1ccc2c(CCO[C@@]34CC[C@@H]3O[C@]3(OCc5cccc6ccccc56)CC[C@@H]3O4)cccc2c1. The maximum atomic E-state index is 6.61. The van der Waals surface area contributed by atoms with Gasteiger partial charge in [-0.2, -0.15) is 0 Å². The normalized spacial score (nSPS) is 29.3. The summed E-state index contributed by atoms with van der Waals surface area (Å²) in [6.45, 7) is 1.13. The van der Waals surface area contributed by atoms with Crippen molar-refractivity contribution in [1.29, 1.82) is 0 Å². The lowest BCUT2D eigenvalue weighted by atomic mass is 9.78. The Morgan fingerprint density at radius 2 is 1.17 bits per heavy atom. The topological polar surface area (TPSA) is 36.9 Å². The first kappa shape index (κ1) is 21.5. The molecule has 1 saturated heterocycles. The summed E-state index contributed by atoms with van der Waals surface area (Å²) in [5.41, 5.74) is 2.49. The molecule has 7 rings (SSSR count). The molecule has 4 aromatic rings. The van der Waals surface area contributed by atoms with E-state index in [1.165, 1.54) is 32.7 Å². The van der Waals surface area contributed by atoms with Crippen LogP contribution in [0.25, 0.3) is 21.5 Å². The number of ether oxygens (including phenoxy) is 4. The lowest BCUT2D eigenvalue weighted by molar-refractivity contribution is -0.492. The van der Waals surface area contributed by atoms with Crippen LogP contribution >= 0.6 is 0 Å². The molecule has 35 heavy (non-hydrogen) atoms. The van der Waals surface area contributed by atoms with Crippen molar-refractivity contribution in [2.24, 2.45) is 0 Å². The standard InChI is InChI=1S/C31H30O4/c1-3-13-26-22(7-1)9-5-11-24(26)17-20-32-30-18-15-28(30)35-31(19-16-29(31)34-30)33-21-25-12-6-10-23-8-2-4-14-27(23)25/h1-14,28-29H,15-21H2/t28-,29-,30+,31+/m0/s1. The van der Waals surface area contributed by atoms with E-state index in [9.17, 15) is 0 Å². The molecule has 0 N–H and O–H groups in total. The minimum absolute atomic E-state index is 0.0703. The minimum atomic E-state index is -0.648. The number of benzene rings is 4. The molecule has 3 aliphatic rings. The lowest BCUT2D eigenvalue weighted by Gasteiger charge is -2.62. The Balaban J connectivity index is 1.02. The van der Waals surface area contributed by atoms with Gasteiger partial charge in [0.05, 0.1) is 13.2 Å². The fourth-order valence-corrected chi connectivity index (χ4v) is 5.91. The lowest BCUT2D eigenvalue weighted by Crippen LogP contribution is -2.73. The number of fused-ring (bicyclic) bond motifs is 4. The predicted octanol–water partition coefficient (Wildman–Crippen LogP) is 6.53. The Bertz CT molecular complexity index is 1370. The highest BCUT2D eigenvalue weighted by atomic mass is 16.8. The predicted molar refractivity (Wildman–Crippen MR) is 136 cm³/mol. The molecule has 0 amide bonds. The third-order valence-corrected chi connectivity index (χ3v) is 8.12. The summed E-state index contributed by atoms with van der Waals surface area (Å²) < 4.78 is 26.1. The maximum Gasteiger partial charge on any atom is 0.195 e. The van der Waals surface area contributed by atoms with Gasteiger partial charge in [-0.1, -0.05) is 84.9 Å². The molecule has 178 valence electrons. The Hall–Kier alpha value is -2.76. The van der Waals surface area contributed by atoms with Crippen LogP contribution in [-0.4, -0.2) is 30.4 Å². The Morgan fingerprint density at radius 1 is 0.629 bits per heavy atom. The summed E-state index contributed by atoms with van der Waals surface area (Å²) in [7, 11) is 0. The molecule has 0 unspecified atom stereocenters. The zero-order chi connectivity index (χ0) is 23.3. The molecule has 2 aliphatic carbocycles. The van der Waals surface area contributed by atoms with Gasteiger partial charge in [0.25, 0.3) is 0 Å². The molecule has 0 bridgehead atoms. The first-order chi connectivity index (χ1) is 17.2. The Labute approximate surface area is 205 Å². The van der Waals surface area contributed by atoms with Crippen LogP contribution in [0.4, 0.5) is 0 Å². The molecule has 4 heteroatoms. The van der Waals surface area contributed by atoms with E-state index in [0.717, 1.165) is 32.1 Å². The van der Waals surface area contributed by atoms with Crippen LogP contribution in [0.1, 0.15) is 36.8 Å². The summed E-state index contributed by atoms with van der Waals surface area (Å²) in [5.74, 6) is -1.27. The molecule has 1 heterocycles. The first-order valence-corrected chi connectivity index (χ1v) is 12.8. The molecular weight excluding hydrogens is 436 g/mol. The maximum absolute atomic E-state index is 6.61. The van der Waals surface area contributed by atoms with Crippen LogP contribution in [-0.2, 0) is 32.0 Å². The zero-order valence-corrected chi connectivity index (χ0v) is 19.8. The van der Waals surface area contributed by atoms with E-state index >= 15 is 0 Å². The van der Waals surface area contributed by atoms with Crippen LogP contribution in [0.5, 0.6) is 0 Å². The summed E-state index contributed by atoms with van der Waals surface area (Å²) >= 11 is 0. The number of hydrogen-bond donors (Lipinski definition) is 0. The van der Waals surface area contributed by atoms with Crippen molar-refractivity contribution in [3.05, 3.63) is 96.1 Å². The molecule has 4 aromatic carbocycles. The van der Waals surface area contributed by atoms with Gasteiger partial charge in [-0.05, 0) is 51.9 Å². The Kier molecular flexibility index (Phi) is 5.18. The summed E-state index contributed by atoms with van der Waals surface area (Å²) in [5, 5.41) is 5.02. The molecule has 4 atom stereocenters. The average molecular weight is 467 g/mol. The van der Waals surface area contributed by atoms with Gasteiger partial charge < -0.3 is 18.9 Å². The summed E-state index contributed by atoms with van der Waals surface area (Å²) in [6.07, 6.45) is 4.34. The molecule has 2 saturated carbocycles. The Morgan fingerprint density at radius 3 is 1.80 bits per heavy atom. The highest BCUT2D eigenvalue weighted by Gasteiger charge is 2.66. The van der Waals surface area contributed by atoms with Gasteiger partial charge in [0.2, 0.25) is 0 Å². The van der Waals surface area contributed by atoms with Crippen molar-refractivity contribution < 1.29 is 18.9 Å². The fraction of sp³-hybridized carbons (Fsp3) is 0.355. The van der Waals surface area contributed by atoms with Crippen molar-refractivity contribution in [2.75, 3.05) is 6.61 Å². The molecule has 0 aromatic heterocycles. The van der Waals surface area contributed by atoms with Gasteiger partial charge in [0, 0.05) is 12.8 Å². The number of hydrogen-bond acceptors (Lipinski definition) is 4. The van der Waals surface area contributed by atoms with E-state index in [1.807, 2.05) is 0 Å². The van der Waals surface area contributed by atoms with Gasteiger partial charge in [0.15, 0.2) is 11.6 Å². The van der Waals surface area contributed by atoms with E-state index in [4.69, 9.17) is 18.9 Å². The summed E-state index contributed by atoms with van der Waals surface area (Å²) in [4.78, 5) is 0. The molecule has 0 spiro atoms. The second-order valence-electron chi connectivity index (χ2n) is 10.1. The second-order valence-corrected chi connectivity index (χ2v) is 10.1. The van der Waals surface area contributed by atoms with Gasteiger partial charge in [-0.25, -0.2) is 0 Å². The third-order valence-electron chi connectivity index (χ3n) is 8.12. The smallest absolute Gasteiger partial charge is 0.195 e. The van der Waals surface area contributed by atoms with Gasteiger partial charge in [0.1, 0.15) is 12.2 Å². The highest BCUT2D eigenvalue weighted by molar-refractivity contribution is 5.86. The largest absolute Gasteiger partial charge is 0.347 e. The van der Waals surface area contributed by atoms with Crippen LogP contribution in [0, 0.1) is 0 Å². The fourth-order valence-electron chi connectivity index (χ4n) is 5.91. The average Bonchev–Trinajstić information content (AvgIpc) is 2.89. The van der Waals surface area contributed by atoms with Crippen molar-refractivity contribution in [3.63, 3.8) is 0 Å². The van der Waals surface area contributed by atoms with Crippen LogP contribution in [0.15, 0.2) is 84.9 Å². The first-order valence-electron chi connectivity index (χ1n) is 12.8. The van der Waals surface area contributed by atoms with Gasteiger partial charge in [-0.15, -0.1) is 0 Å². The van der Waals surface area contributed by atoms with E-state index in [2.05, 4.69) is 84.9 Å². The quantitative estimate of drug-likeness (QED) is 0.310. The third kappa shape index (κ3) is 3.59. The van der Waals surface area contributed by atoms with Crippen LogP contribution in [0.3, 0.4) is 0 Å². The number of rotatable bonds is 7.